The summed E-state index contributed by atoms with van der Waals surface area (Å²) in [7, 11) is -8.01. The van der Waals surface area contributed by atoms with E-state index in [1.807, 2.05) is 6.07 Å². The predicted octanol–water partition coefficient (Wildman–Crippen LogP) is 1.28. The number of fused-ring (bicyclic) bond motifs is 1. The molecule has 13 heteroatoms. The van der Waals surface area contributed by atoms with E-state index >= 15 is 0 Å². The summed E-state index contributed by atoms with van der Waals surface area (Å²) in [5, 5.41) is 3.22. The second-order valence-electron chi connectivity index (χ2n) is 11.3. The van der Waals surface area contributed by atoms with E-state index < -0.39 is 37.6 Å². The smallest absolute Gasteiger partial charge is 0.302 e. The van der Waals surface area contributed by atoms with E-state index in [2.05, 4.69) is 23.9 Å². The van der Waals surface area contributed by atoms with Gasteiger partial charge < -0.3 is 20.7 Å². The van der Waals surface area contributed by atoms with Crippen molar-refractivity contribution in [3.63, 3.8) is 0 Å². The van der Waals surface area contributed by atoms with Crippen LogP contribution in [-0.2, 0) is 40.6 Å². The number of ether oxygens (including phenoxy) is 1. The van der Waals surface area contributed by atoms with Crippen molar-refractivity contribution in [1.29, 1.82) is 0 Å². The number of nitrogens with zero attached hydrogens (tertiary/aromatic N) is 1. The first-order valence-corrected chi connectivity index (χ1v) is 16.7. The molecule has 220 valence electrons. The number of nitrogens with one attached hydrogen (secondary N) is 2. The number of likely N-dealkylation sites (tertiary alicyclic amines) is 1. The fraction of sp³-hybridized carbons (Fsp3) is 0.692. The number of sulfonamides is 1. The summed E-state index contributed by atoms with van der Waals surface area (Å²) in [5.74, 6) is -1.53. The standard InChI is InChI=1S/C26H42N4O7S2/c1-19(31)37-14-10-20-8-12-30(13-9-20)25(32)22(17-38(33,34)15-5-11-27)29-39(35,36)23-7-4-6-21-16-26(2,3)18-28-24(21)23/h4,6-7,20,22,28-29H,5,8-18,27H2,1-3H3. The molecule has 2 aliphatic rings. The van der Waals surface area contributed by atoms with Crippen LogP contribution >= 0.6 is 0 Å². The van der Waals surface area contributed by atoms with Crippen molar-refractivity contribution in [1.82, 2.24) is 9.62 Å². The molecule has 0 spiro atoms. The number of hydrogen-bond acceptors (Lipinski definition) is 9. The molecule has 4 N–H and O–H groups in total. The average Bonchev–Trinajstić information content (AvgIpc) is 2.85. The Morgan fingerprint density at radius 1 is 1.21 bits per heavy atom. The maximum Gasteiger partial charge on any atom is 0.302 e. The summed E-state index contributed by atoms with van der Waals surface area (Å²) >= 11 is 0. The molecular formula is C26H42N4O7S2. The van der Waals surface area contributed by atoms with Crippen molar-refractivity contribution in [2.24, 2.45) is 17.1 Å². The highest BCUT2D eigenvalue weighted by Gasteiger charge is 2.36. The number of carbonyl (C=O) groups excluding carboxylic acids is 2. The van der Waals surface area contributed by atoms with Crippen LogP contribution in [0.2, 0.25) is 0 Å². The first-order chi connectivity index (χ1) is 18.2. The Morgan fingerprint density at radius 3 is 2.54 bits per heavy atom. The van der Waals surface area contributed by atoms with Gasteiger partial charge in [-0.2, -0.15) is 4.72 Å². The molecule has 0 saturated carbocycles. The van der Waals surface area contributed by atoms with Gasteiger partial charge in [0, 0.05) is 26.6 Å². The number of esters is 1. The Labute approximate surface area is 232 Å². The fourth-order valence-electron chi connectivity index (χ4n) is 5.13. The summed E-state index contributed by atoms with van der Waals surface area (Å²) in [6, 6.07) is 3.52. The minimum absolute atomic E-state index is 0.00293. The highest BCUT2D eigenvalue weighted by Crippen LogP contribution is 2.36. The topological polar surface area (TPSA) is 165 Å². The average molecular weight is 587 g/mol. The van der Waals surface area contributed by atoms with Crippen LogP contribution in [0.3, 0.4) is 0 Å². The Hall–Kier alpha value is -2.22. The van der Waals surface area contributed by atoms with Crippen LogP contribution in [0, 0.1) is 11.3 Å². The molecular weight excluding hydrogens is 544 g/mol. The molecule has 3 rings (SSSR count). The second kappa shape index (κ2) is 13.0. The number of rotatable bonds is 12. The van der Waals surface area contributed by atoms with Crippen molar-refractivity contribution in [2.45, 2.75) is 63.8 Å². The van der Waals surface area contributed by atoms with E-state index in [4.69, 9.17) is 10.5 Å². The Morgan fingerprint density at radius 2 is 1.90 bits per heavy atom. The molecule has 11 nitrogen and oxygen atoms in total. The molecule has 2 aliphatic heterocycles. The highest BCUT2D eigenvalue weighted by molar-refractivity contribution is 7.91. The largest absolute Gasteiger partial charge is 0.466 e. The Kier molecular flexibility index (Phi) is 10.4. The number of para-hydroxylation sites is 1. The zero-order chi connectivity index (χ0) is 28.8. The molecule has 0 bridgehead atoms. The van der Waals surface area contributed by atoms with Crippen molar-refractivity contribution in [2.75, 3.05) is 49.6 Å². The van der Waals surface area contributed by atoms with E-state index in [1.165, 1.54) is 17.9 Å². The minimum Gasteiger partial charge on any atom is -0.466 e. The van der Waals surface area contributed by atoms with Crippen LogP contribution in [-0.4, -0.2) is 83.9 Å². The quantitative estimate of drug-likeness (QED) is 0.306. The number of amides is 1. The number of piperidine rings is 1. The first-order valence-electron chi connectivity index (χ1n) is 13.4. The lowest BCUT2D eigenvalue weighted by Gasteiger charge is -2.35. The third-order valence-corrected chi connectivity index (χ3v) is 10.5. The number of sulfone groups is 1. The molecule has 0 aliphatic carbocycles. The maximum absolute atomic E-state index is 13.6. The molecule has 1 aromatic rings. The summed E-state index contributed by atoms with van der Waals surface area (Å²) < 4.78 is 60.3. The minimum atomic E-state index is -4.24. The number of nitrogens with two attached hydrogens (primary N) is 1. The lowest BCUT2D eigenvalue weighted by atomic mass is 9.82. The molecule has 1 fully saturated rings. The van der Waals surface area contributed by atoms with Crippen molar-refractivity contribution in [3.8, 4) is 0 Å². The van der Waals surface area contributed by atoms with Gasteiger partial charge in [-0.15, -0.1) is 0 Å². The summed E-state index contributed by atoms with van der Waals surface area (Å²) in [5.41, 5.74) is 6.76. The van der Waals surface area contributed by atoms with E-state index in [0.29, 0.717) is 57.6 Å². The molecule has 0 aromatic heterocycles. The van der Waals surface area contributed by atoms with E-state index in [-0.39, 0.29) is 40.9 Å². The van der Waals surface area contributed by atoms with Crippen LogP contribution in [0.4, 0.5) is 5.69 Å². The maximum atomic E-state index is 13.6. The van der Waals surface area contributed by atoms with Crippen molar-refractivity contribution >= 4 is 37.4 Å². The van der Waals surface area contributed by atoms with Gasteiger partial charge in [-0.25, -0.2) is 16.8 Å². The highest BCUT2D eigenvalue weighted by atomic mass is 32.2. The van der Waals surface area contributed by atoms with Gasteiger partial charge in [-0.3, -0.25) is 9.59 Å². The van der Waals surface area contributed by atoms with Crippen LogP contribution in [0.25, 0.3) is 0 Å². The van der Waals surface area contributed by atoms with Crippen molar-refractivity contribution < 1.29 is 31.2 Å². The van der Waals surface area contributed by atoms with Gasteiger partial charge in [0.25, 0.3) is 0 Å². The molecule has 0 radical (unpaired) electrons. The normalized spacial score (nSPS) is 18.6. The zero-order valence-electron chi connectivity index (χ0n) is 23.1. The molecule has 1 aromatic carbocycles. The lowest BCUT2D eigenvalue weighted by molar-refractivity contribution is -0.141. The van der Waals surface area contributed by atoms with Gasteiger partial charge in [-0.05, 0) is 61.6 Å². The summed E-state index contributed by atoms with van der Waals surface area (Å²) in [4.78, 5) is 26.1. The molecule has 1 amide bonds. The monoisotopic (exact) mass is 586 g/mol. The number of benzene rings is 1. The van der Waals surface area contributed by atoms with Crippen LogP contribution < -0.4 is 15.8 Å². The first kappa shape index (κ1) is 31.3. The summed E-state index contributed by atoms with van der Waals surface area (Å²) in [6.07, 6.45) is 2.88. The number of carbonyl (C=O) groups is 2. The van der Waals surface area contributed by atoms with Crippen LogP contribution in [0.1, 0.15) is 52.0 Å². The Bertz CT molecular complexity index is 1240. The van der Waals surface area contributed by atoms with Crippen molar-refractivity contribution in [3.05, 3.63) is 23.8 Å². The molecule has 1 saturated heterocycles. The van der Waals surface area contributed by atoms with Crippen LogP contribution in [0.15, 0.2) is 23.1 Å². The van der Waals surface area contributed by atoms with Gasteiger partial charge in [0.1, 0.15) is 10.9 Å². The fourth-order valence-corrected chi connectivity index (χ4v) is 8.16. The zero-order valence-corrected chi connectivity index (χ0v) is 24.7. The predicted molar refractivity (Wildman–Crippen MR) is 149 cm³/mol. The molecule has 39 heavy (non-hydrogen) atoms. The van der Waals surface area contributed by atoms with Gasteiger partial charge in [0.15, 0.2) is 9.84 Å². The van der Waals surface area contributed by atoms with Gasteiger partial charge in [0.05, 0.1) is 23.8 Å². The third kappa shape index (κ3) is 8.89. The lowest BCUT2D eigenvalue weighted by Crippen LogP contribution is -2.53. The number of anilines is 1. The third-order valence-electron chi connectivity index (χ3n) is 7.25. The number of hydrogen-bond donors (Lipinski definition) is 3. The summed E-state index contributed by atoms with van der Waals surface area (Å²) in [6.45, 7) is 7.31. The molecule has 2 heterocycles. The van der Waals surface area contributed by atoms with Crippen LogP contribution in [0.5, 0.6) is 0 Å². The van der Waals surface area contributed by atoms with E-state index in [0.717, 1.165) is 5.56 Å². The van der Waals surface area contributed by atoms with Gasteiger partial charge in [-0.1, -0.05) is 26.0 Å². The molecule has 1 atom stereocenters. The Balaban J connectivity index is 1.80. The van der Waals surface area contributed by atoms with E-state index in [1.54, 1.807) is 6.07 Å². The van der Waals surface area contributed by atoms with Gasteiger partial charge >= 0.3 is 5.97 Å². The SMILES string of the molecule is CC(=O)OCCC1CCN(C(=O)C(CS(=O)(=O)CCCN)NS(=O)(=O)c2cccc3c2NCC(C)(C)C3)CC1. The van der Waals surface area contributed by atoms with Gasteiger partial charge in [0.2, 0.25) is 15.9 Å². The second-order valence-corrected chi connectivity index (χ2v) is 15.2. The molecule has 1 unspecified atom stereocenters. The van der Waals surface area contributed by atoms with E-state index in [9.17, 15) is 26.4 Å².